The van der Waals surface area contributed by atoms with Crippen molar-refractivity contribution >= 4 is 94.0 Å². The topological polar surface area (TPSA) is 171 Å². The lowest BCUT2D eigenvalue weighted by Crippen LogP contribution is -2.70. The van der Waals surface area contributed by atoms with Crippen molar-refractivity contribution in [2.75, 3.05) is 22.3 Å². The van der Waals surface area contributed by atoms with Gasteiger partial charge in [-0.15, -0.1) is 35.3 Å². The van der Waals surface area contributed by atoms with Gasteiger partial charge >= 0.3 is 5.97 Å². The number of nitrogens with zero attached hydrogens (tertiary/aromatic N) is 3. The quantitative estimate of drug-likeness (QED) is 0.108. The van der Waals surface area contributed by atoms with Crippen LogP contribution in [-0.4, -0.2) is 70.7 Å². The molecule has 2 atom stereocenters. The van der Waals surface area contributed by atoms with E-state index in [0.717, 1.165) is 0 Å². The van der Waals surface area contributed by atoms with E-state index in [1.54, 1.807) is 12.1 Å². The molecule has 2 amide bonds. The number of carbonyl (C=O) groups excluding carboxylic acids is 2. The summed E-state index contributed by atoms with van der Waals surface area (Å²) < 4.78 is 0. The molecule has 1 fully saturated rings. The minimum Gasteiger partial charge on any atom is -0.477 e. The van der Waals surface area contributed by atoms with Crippen LogP contribution in [0.4, 0.5) is 5.95 Å². The summed E-state index contributed by atoms with van der Waals surface area (Å²) in [6, 6.07) is 3.61. The van der Waals surface area contributed by atoms with Crippen molar-refractivity contribution < 1.29 is 19.5 Å². The van der Waals surface area contributed by atoms with Crippen LogP contribution in [0.3, 0.4) is 0 Å². The third kappa shape index (κ3) is 6.26. The summed E-state index contributed by atoms with van der Waals surface area (Å²) in [6.45, 7) is 0. The summed E-state index contributed by atoms with van der Waals surface area (Å²) in [4.78, 5) is 61.3. The second kappa shape index (κ2) is 11.6. The zero-order chi connectivity index (χ0) is 26.0. The minimum atomic E-state index is -1.23. The summed E-state index contributed by atoms with van der Waals surface area (Å²) in [6.07, 6.45) is 0. The first kappa shape index (κ1) is 27.0. The van der Waals surface area contributed by atoms with Crippen LogP contribution in [0.2, 0.25) is 10.3 Å². The molecule has 0 aliphatic carbocycles. The van der Waals surface area contributed by atoms with Gasteiger partial charge in [-0.25, -0.2) is 14.8 Å². The highest BCUT2D eigenvalue weighted by molar-refractivity contribution is 8.18. The average Bonchev–Trinajstić information content (AvgIpc) is 2.79. The Morgan fingerprint density at radius 3 is 2.58 bits per heavy atom. The number of β-lactam (4-membered cyclic amide) rings is 1. The van der Waals surface area contributed by atoms with Gasteiger partial charge < -0.3 is 16.2 Å². The molecule has 2 aliphatic rings. The van der Waals surface area contributed by atoms with Crippen molar-refractivity contribution in [1.29, 1.82) is 0 Å². The van der Waals surface area contributed by atoms with Crippen LogP contribution in [-0.2, 0) is 14.4 Å². The van der Waals surface area contributed by atoms with Gasteiger partial charge in [-0.1, -0.05) is 35.0 Å². The fraction of sp³-hybridized carbons (Fsp3) is 0.263. The number of fused-ring (bicyclic) bond motifs is 1. The van der Waals surface area contributed by atoms with Gasteiger partial charge in [0, 0.05) is 26.7 Å². The zero-order valence-corrected chi connectivity index (χ0v) is 22.7. The molecule has 0 aromatic carbocycles. The van der Waals surface area contributed by atoms with Crippen LogP contribution >= 0.6 is 70.2 Å². The summed E-state index contributed by atoms with van der Waals surface area (Å²) >= 11 is 16.7. The van der Waals surface area contributed by atoms with Crippen LogP contribution in [0.1, 0.15) is 0 Å². The second-order valence-electron chi connectivity index (χ2n) is 7.14. The van der Waals surface area contributed by atoms with E-state index in [1.807, 2.05) is 0 Å². The average molecular weight is 608 g/mol. The molecule has 0 spiro atoms. The third-order valence-electron chi connectivity index (χ3n) is 4.74. The van der Waals surface area contributed by atoms with Gasteiger partial charge in [0.2, 0.25) is 11.9 Å². The number of hydrogen-bond acceptors (Lipinski definition) is 11. The number of hydrogen-bond donors (Lipinski definition) is 4. The Bertz CT molecular complexity index is 1310. The number of aliphatic carboxylic acids is 1. The number of rotatable bonds is 9. The van der Waals surface area contributed by atoms with Crippen LogP contribution in [0.25, 0.3) is 0 Å². The number of H-pyrrole nitrogens is 1. The maximum atomic E-state index is 12.8. The number of anilines is 1. The first-order chi connectivity index (χ1) is 17.1. The number of aromatic nitrogens is 3. The first-order valence-corrected chi connectivity index (χ1v) is 14.7. The number of aromatic amines is 1. The molecule has 2 aromatic rings. The molecule has 0 radical (unpaired) electrons. The van der Waals surface area contributed by atoms with Crippen molar-refractivity contribution in [3.05, 3.63) is 49.5 Å². The van der Waals surface area contributed by atoms with Crippen molar-refractivity contribution in [1.82, 2.24) is 25.2 Å². The number of nitrogen functional groups attached to an aromatic ring is 1. The molecule has 11 nitrogen and oxygen atoms in total. The monoisotopic (exact) mass is 606 g/mol. The van der Waals surface area contributed by atoms with E-state index >= 15 is 0 Å². The predicted octanol–water partition coefficient (Wildman–Crippen LogP) is 2.33. The molecule has 4 rings (SSSR count). The molecule has 0 unspecified atom stereocenters. The van der Waals surface area contributed by atoms with Gasteiger partial charge in [-0.2, -0.15) is 0 Å². The standard InChI is InChI=1S/C19H16Cl2N6O5S4/c20-9-1-7(2-10(21)23-9)33-5-12(29)24-14-16(30)27-15(18(31)32)8(4-34-17(14)27)35-6-36-13-3-11(28)25-19(22)26-13/h1-3,14,17H,4-6H2,(H,24,29)(H,31,32)(H3,22,25,26,28)/t14-,17-/m1/s1. The van der Waals surface area contributed by atoms with Gasteiger partial charge in [0.05, 0.1) is 5.75 Å². The fourth-order valence-corrected chi connectivity index (χ4v) is 8.34. The number of amides is 2. The first-order valence-electron chi connectivity index (χ1n) is 9.91. The highest BCUT2D eigenvalue weighted by Gasteiger charge is 2.54. The van der Waals surface area contributed by atoms with E-state index in [0.29, 0.717) is 25.7 Å². The summed E-state index contributed by atoms with van der Waals surface area (Å²) in [7, 11) is 0. The number of thioether (sulfide) groups is 4. The number of halogens is 2. The Kier molecular flexibility index (Phi) is 8.67. The zero-order valence-electron chi connectivity index (χ0n) is 17.9. The molecule has 4 heterocycles. The number of nitrogens with two attached hydrogens (primary N) is 1. The van der Waals surface area contributed by atoms with Gasteiger partial charge in [0.15, 0.2) is 0 Å². The molecule has 5 N–H and O–H groups in total. The third-order valence-corrected chi connectivity index (χ3v) is 9.69. The molecular formula is C19H16Cl2N6O5S4. The van der Waals surface area contributed by atoms with Crippen LogP contribution < -0.4 is 16.6 Å². The highest BCUT2D eigenvalue weighted by Crippen LogP contribution is 2.44. The Morgan fingerprint density at radius 1 is 1.19 bits per heavy atom. The number of nitrogens with one attached hydrogen (secondary N) is 2. The molecular weight excluding hydrogens is 591 g/mol. The number of carboxylic acid groups (broad SMARTS) is 1. The van der Waals surface area contributed by atoms with Crippen LogP contribution in [0.15, 0.2) is 43.5 Å². The minimum absolute atomic E-state index is 0.0115. The molecule has 2 aromatic heterocycles. The van der Waals surface area contributed by atoms with Gasteiger partial charge in [0.25, 0.3) is 11.5 Å². The van der Waals surface area contributed by atoms with E-state index in [-0.39, 0.29) is 39.2 Å². The van der Waals surface area contributed by atoms with E-state index in [9.17, 15) is 24.3 Å². The Hall–Kier alpha value is -2.04. The number of pyridine rings is 1. The fourth-order valence-electron chi connectivity index (χ4n) is 3.28. The van der Waals surface area contributed by atoms with E-state index < -0.39 is 23.3 Å². The number of carbonyl (C=O) groups is 3. The summed E-state index contributed by atoms with van der Waals surface area (Å²) in [5.41, 5.74) is 5.04. The highest BCUT2D eigenvalue weighted by atomic mass is 35.5. The maximum absolute atomic E-state index is 12.8. The molecule has 2 aliphatic heterocycles. The SMILES string of the molecule is Nc1nc(SCSC2=C(C(=O)O)N3C(=O)[C@@H](NC(=O)CSc4cc(Cl)nc(Cl)c4)[C@H]3SC2)cc(=O)[nH]1. The summed E-state index contributed by atoms with van der Waals surface area (Å²) in [5.74, 6) is -1.76. The Labute approximate surface area is 230 Å². The van der Waals surface area contributed by atoms with E-state index in [1.165, 1.54) is 58.0 Å². The van der Waals surface area contributed by atoms with Crippen molar-refractivity contribution in [2.24, 2.45) is 0 Å². The lowest BCUT2D eigenvalue weighted by atomic mass is 10.1. The number of carboxylic acids is 1. The van der Waals surface area contributed by atoms with E-state index in [2.05, 4.69) is 20.3 Å². The Morgan fingerprint density at radius 2 is 1.92 bits per heavy atom. The lowest BCUT2D eigenvalue weighted by Gasteiger charge is -2.49. The largest absolute Gasteiger partial charge is 0.477 e. The Balaban J connectivity index is 1.36. The van der Waals surface area contributed by atoms with Crippen molar-refractivity contribution in [3.8, 4) is 0 Å². The van der Waals surface area contributed by atoms with Crippen molar-refractivity contribution in [2.45, 2.75) is 21.3 Å². The molecule has 0 saturated carbocycles. The van der Waals surface area contributed by atoms with E-state index in [4.69, 9.17) is 28.9 Å². The normalized spacial score (nSPS) is 19.1. The predicted molar refractivity (Wildman–Crippen MR) is 142 cm³/mol. The molecule has 36 heavy (non-hydrogen) atoms. The lowest BCUT2D eigenvalue weighted by molar-refractivity contribution is -0.150. The van der Waals surface area contributed by atoms with Gasteiger partial charge in [0.1, 0.15) is 32.4 Å². The van der Waals surface area contributed by atoms with Gasteiger partial charge in [-0.3, -0.25) is 24.3 Å². The molecule has 190 valence electrons. The molecule has 0 bridgehead atoms. The van der Waals surface area contributed by atoms with Crippen molar-refractivity contribution in [3.63, 3.8) is 0 Å². The smallest absolute Gasteiger partial charge is 0.353 e. The van der Waals surface area contributed by atoms with Crippen LogP contribution in [0, 0.1) is 0 Å². The molecule has 1 saturated heterocycles. The van der Waals surface area contributed by atoms with Gasteiger partial charge in [-0.05, 0) is 12.1 Å². The maximum Gasteiger partial charge on any atom is 0.353 e. The summed E-state index contributed by atoms with van der Waals surface area (Å²) in [5, 5.41) is 13.1. The van der Waals surface area contributed by atoms with Crippen LogP contribution in [0.5, 0.6) is 0 Å². The second-order valence-corrected chi connectivity index (χ2v) is 12.5. The molecule has 17 heteroatoms.